The molecule has 0 unspecified atom stereocenters. The summed E-state index contributed by atoms with van der Waals surface area (Å²) in [5.41, 5.74) is 0.904. The topological polar surface area (TPSA) is 58.6 Å². The molecule has 1 aliphatic carbocycles. The summed E-state index contributed by atoms with van der Waals surface area (Å²) in [4.78, 5) is 26.7. The van der Waals surface area contributed by atoms with Crippen LogP contribution in [0.1, 0.15) is 46.5 Å². The molecular weight excluding hydrogens is 348 g/mol. The molecule has 1 aliphatic heterocycles. The van der Waals surface area contributed by atoms with Gasteiger partial charge >= 0.3 is 0 Å². The molecule has 1 fully saturated rings. The maximum atomic E-state index is 12.7. The van der Waals surface area contributed by atoms with Gasteiger partial charge in [-0.3, -0.25) is 9.59 Å². The summed E-state index contributed by atoms with van der Waals surface area (Å²) in [6.07, 6.45) is 5.01. The first-order valence-corrected chi connectivity index (χ1v) is 10.5. The van der Waals surface area contributed by atoms with Gasteiger partial charge in [0.15, 0.2) is 0 Å². The van der Waals surface area contributed by atoms with Crippen molar-refractivity contribution in [1.29, 1.82) is 0 Å². The second-order valence-electron chi connectivity index (χ2n) is 7.67. The first kappa shape index (κ1) is 19.1. The number of amides is 2. The number of hydrogen-bond acceptors (Lipinski definition) is 4. The van der Waals surface area contributed by atoms with Gasteiger partial charge in [-0.1, -0.05) is 12.8 Å². The number of benzene rings is 1. The summed E-state index contributed by atoms with van der Waals surface area (Å²) >= 11 is 1.75. The van der Waals surface area contributed by atoms with Crippen LogP contribution in [0, 0.1) is 5.41 Å². The highest BCUT2D eigenvalue weighted by atomic mass is 32.2. The summed E-state index contributed by atoms with van der Waals surface area (Å²) in [5, 5.41) is 3.59. The molecule has 6 heteroatoms. The number of carbonyl (C=O) groups excluding carboxylic acids is 2. The third kappa shape index (κ3) is 4.17. The number of nitrogens with one attached hydrogen (secondary N) is 1. The normalized spacial score (nSPS) is 19.7. The van der Waals surface area contributed by atoms with Gasteiger partial charge in [0.2, 0.25) is 11.8 Å². The molecule has 1 N–H and O–H groups in total. The molecular formula is C20H28N2O3S. The Morgan fingerprint density at radius 2 is 2.08 bits per heavy atom. The second kappa shape index (κ2) is 7.91. The lowest BCUT2D eigenvalue weighted by atomic mass is 9.93. The van der Waals surface area contributed by atoms with Crippen molar-refractivity contribution in [2.24, 2.45) is 5.41 Å². The van der Waals surface area contributed by atoms with Crippen LogP contribution in [0.4, 0.5) is 11.4 Å². The van der Waals surface area contributed by atoms with Crippen LogP contribution in [-0.2, 0) is 9.59 Å². The molecule has 2 amide bonds. The van der Waals surface area contributed by atoms with E-state index in [1.54, 1.807) is 16.7 Å². The lowest BCUT2D eigenvalue weighted by molar-refractivity contribution is -0.127. The number of ether oxygens (including phenoxy) is 1. The van der Waals surface area contributed by atoms with E-state index in [0.717, 1.165) is 5.69 Å². The lowest BCUT2D eigenvalue weighted by Gasteiger charge is -2.26. The molecule has 142 valence electrons. The van der Waals surface area contributed by atoms with E-state index >= 15 is 0 Å². The third-order valence-electron chi connectivity index (χ3n) is 5.02. The van der Waals surface area contributed by atoms with Crippen molar-refractivity contribution < 1.29 is 14.3 Å². The Morgan fingerprint density at radius 3 is 2.77 bits per heavy atom. The SMILES string of the molecule is CCN1C(=O)C(C)(C)COc2cc(NC(=O)CSC3CCCC3)ccc21. The van der Waals surface area contributed by atoms with Crippen molar-refractivity contribution in [1.82, 2.24) is 0 Å². The van der Waals surface area contributed by atoms with Gasteiger partial charge < -0.3 is 15.0 Å². The maximum absolute atomic E-state index is 12.7. The molecule has 1 aromatic rings. The highest BCUT2D eigenvalue weighted by Gasteiger charge is 2.37. The molecule has 26 heavy (non-hydrogen) atoms. The Hall–Kier alpha value is -1.69. The van der Waals surface area contributed by atoms with Gasteiger partial charge in [0.05, 0.1) is 16.9 Å². The molecule has 0 bridgehead atoms. The molecule has 0 saturated heterocycles. The molecule has 0 atom stereocenters. The van der Waals surface area contributed by atoms with E-state index < -0.39 is 5.41 Å². The average molecular weight is 377 g/mol. The van der Waals surface area contributed by atoms with Gasteiger partial charge in [-0.2, -0.15) is 0 Å². The van der Waals surface area contributed by atoms with Gasteiger partial charge in [-0.15, -0.1) is 11.8 Å². The quantitative estimate of drug-likeness (QED) is 0.841. The van der Waals surface area contributed by atoms with E-state index in [1.165, 1.54) is 25.7 Å². The van der Waals surface area contributed by atoms with E-state index in [0.29, 0.717) is 35.6 Å². The number of carbonyl (C=O) groups is 2. The fourth-order valence-electron chi connectivity index (χ4n) is 3.48. The second-order valence-corrected chi connectivity index (χ2v) is 8.96. The number of anilines is 2. The maximum Gasteiger partial charge on any atom is 0.236 e. The zero-order valence-corrected chi connectivity index (χ0v) is 16.7. The molecule has 3 rings (SSSR count). The average Bonchev–Trinajstić information content (AvgIpc) is 3.10. The number of fused-ring (bicyclic) bond motifs is 1. The summed E-state index contributed by atoms with van der Waals surface area (Å²) in [7, 11) is 0. The first-order valence-electron chi connectivity index (χ1n) is 9.41. The third-order valence-corrected chi connectivity index (χ3v) is 6.39. The van der Waals surface area contributed by atoms with Crippen LogP contribution >= 0.6 is 11.8 Å². The Morgan fingerprint density at radius 1 is 1.35 bits per heavy atom. The zero-order chi connectivity index (χ0) is 18.7. The minimum Gasteiger partial charge on any atom is -0.490 e. The van der Waals surface area contributed by atoms with Crippen molar-refractivity contribution in [2.75, 3.05) is 29.1 Å². The highest BCUT2D eigenvalue weighted by Crippen LogP contribution is 2.38. The largest absolute Gasteiger partial charge is 0.490 e. The fraction of sp³-hybridized carbons (Fsp3) is 0.600. The Kier molecular flexibility index (Phi) is 5.80. The van der Waals surface area contributed by atoms with Crippen LogP contribution in [-0.4, -0.2) is 36.0 Å². The lowest BCUT2D eigenvalue weighted by Crippen LogP contribution is -2.42. The summed E-state index contributed by atoms with van der Waals surface area (Å²) in [6.45, 7) is 6.66. The predicted molar refractivity (Wildman–Crippen MR) is 107 cm³/mol. The van der Waals surface area contributed by atoms with Crippen molar-refractivity contribution in [3.8, 4) is 5.75 Å². The smallest absolute Gasteiger partial charge is 0.236 e. The Labute approximate surface area is 159 Å². The molecule has 0 aromatic heterocycles. The van der Waals surface area contributed by atoms with Gasteiger partial charge in [-0.05, 0) is 45.7 Å². The van der Waals surface area contributed by atoms with Crippen LogP contribution in [0.25, 0.3) is 0 Å². The Bertz CT molecular complexity index is 684. The standard InChI is InChI=1S/C20H28N2O3S/c1-4-22-16-10-9-14(11-17(16)25-13-20(2,3)19(22)24)21-18(23)12-26-15-7-5-6-8-15/h9-11,15H,4-8,12-13H2,1-3H3,(H,21,23). The van der Waals surface area contributed by atoms with Crippen LogP contribution in [0.2, 0.25) is 0 Å². The fourth-order valence-corrected chi connectivity index (χ4v) is 4.61. The molecule has 2 aliphatic rings. The summed E-state index contributed by atoms with van der Waals surface area (Å²) in [6, 6.07) is 5.53. The van der Waals surface area contributed by atoms with Gasteiger partial charge in [0.25, 0.3) is 0 Å². The minimum atomic E-state index is -0.573. The molecule has 0 radical (unpaired) electrons. The van der Waals surface area contributed by atoms with Gasteiger partial charge in [0, 0.05) is 23.5 Å². The van der Waals surface area contributed by atoms with Crippen LogP contribution in [0.5, 0.6) is 5.75 Å². The van der Waals surface area contributed by atoms with Crippen molar-refractivity contribution in [3.63, 3.8) is 0 Å². The highest BCUT2D eigenvalue weighted by molar-refractivity contribution is 8.00. The zero-order valence-electron chi connectivity index (χ0n) is 15.8. The van der Waals surface area contributed by atoms with E-state index in [1.807, 2.05) is 39.0 Å². The Balaban J connectivity index is 1.69. The van der Waals surface area contributed by atoms with E-state index in [2.05, 4.69) is 5.32 Å². The van der Waals surface area contributed by atoms with Gasteiger partial charge in [-0.25, -0.2) is 0 Å². The van der Waals surface area contributed by atoms with Crippen molar-refractivity contribution in [2.45, 2.75) is 51.7 Å². The van der Waals surface area contributed by atoms with Crippen LogP contribution in [0.15, 0.2) is 18.2 Å². The minimum absolute atomic E-state index is 0.0132. The molecule has 1 saturated carbocycles. The van der Waals surface area contributed by atoms with Crippen molar-refractivity contribution >= 4 is 35.0 Å². The van der Waals surface area contributed by atoms with E-state index in [-0.39, 0.29) is 11.8 Å². The number of nitrogens with zero attached hydrogens (tertiary/aromatic N) is 1. The number of rotatable bonds is 5. The van der Waals surface area contributed by atoms with Crippen LogP contribution < -0.4 is 15.0 Å². The van der Waals surface area contributed by atoms with E-state index in [9.17, 15) is 9.59 Å². The molecule has 1 aromatic carbocycles. The summed E-state index contributed by atoms with van der Waals surface area (Å²) in [5.74, 6) is 1.20. The summed E-state index contributed by atoms with van der Waals surface area (Å²) < 4.78 is 5.91. The molecule has 0 spiro atoms. The van der Waals surface area contributed by atoms with Crippen molar-refractivity contribution in [3.05, 3.63) is 18.2 Å². The predicted octanol–water partition coefficient (Wildman–Crippen LogP) is 4.07. The molecule has 1 heterocycles. The number of thioether (sulfide) groups is 1. The molecule has 5 nitrogen and oxygen atoms in total. The first-order chi connectivity index (χ1) is 12.4. The van der Waals surface area contributed by atoms with E-state index in [4.69, 9.17) is 4.74 Å². The van der Waals surface area contributed by atoms with Crippen LogP contribution in [0.3, 0.4) is 0 Å². The number of hydrogen-bond donors (Lipinski definition) is 1. The monoisotopic (exact) mass is 376 g/mol. The van der Waals surface area contributed by atoms with Gasteiger partial charge in [0.1, 0.15) is 12.4 Å².